The summed E-state index contributed by atoms with van der Waals surface area (Å²) in [5.74, 6) is -0.177. The largest absolute Gasteiger partial charge is 0.497 e. The van der Waals surface area contributed by atoms with E-state index in [0.717, 1.165) is 16.9 Å². The molecule has 0 radical (unpaired) electrons. The molecule has 1 aromatic carbocycles. The molecule has 0 atom stereocenters. The Morgan fingerprint density at radius 3 is 2.48 bits per heavy atom. The Kier molecular flexibility index (Phi) is 6.86. The van der Waals surface area contributed by atoms with Crippen LogP contribution in [-0.2, 0) is 4.74 Å². The Labute approximate surface area is 183 Å². The number of carbonyl (C=O) groups excluding carboxylic acids is 3. The maximum atomic E-state index is 12.8. The summed E-state index contributed by atoms with van der Waals surface area (Å²) in [6.45, 7) is 5.26. The van der Waals surface area contributed by atoms with Gasteiger partial charge in [-0.15, -0.1) is 11.3 Å². The molecule has 8 nitrogen and oxygen atoms in total. The van der Waals surface area contributed by atoms with Crippen molar-refractivity contribution < 1.29 is 28.4 Å². The number of nitrogens with zero attached hydrogens (tertiary/aromatic N) is 1. The van der Waals surface area contributed by atoms with Crippen molar-refractivity contribution in [2.45, 2.75) is 27.2 Å². The maximum absolute atomic E-state index is 12.8. The number of nitrogens with one attached hydrogen (secondary N) is 1. The van der Waals surface area contributed by atoms with E-state index in [0.29, 0.717) is 22.0 Å². The van der Waals surface area contributed by atoms with Gasteiger partial charge in [0, 0.05) is 18.1 Å². The minimum atomic E-state index is -0.597. The van der Waals surface area contributed by atoms with Crippen LogP contribution < -0.4 is 10.1 Å². The number of benzene rings is 1. The second kappa shape index (κ2) is 9.57. The fourth-order valence-corrected chi connectivity index (χ4v) is 4.12. The van der Waals surface area contributed by atoms with Crippen molar-refractivity contribution in [1.82, 2.24) is 5.16 Å². The highest BCUT2D eigenvalue weighted by molar-refractivity contribution is 7.18. The summed E-state index contributed by atoms with van der Waals surface area (Å²) in [6.07, 6.45) is 0.283. The van der Waals surface area contributed by atoms with Gasteiger partial charge in [0.05, 0.1) is 24.2 Å². The van der Waals surface area contributed by atoms with Crippen LogP contribution in [0.15, 0.2) is 34.9 Å². The lowest BCUT2D eigenvalue weighted by atomic mass is 10.1. The summed E-state index contributed by atoms with van der Waals surface area (Å²) in [7, 11) is 1.57. The molecule has 0 saturated carbocycles. The van der Waals surface area contributed by atoms with Crippen molar-refractivity contribution in [2.75, 3.05) is 19.0 Å². The third-order valence-electron chi connectivity index (χ3n) is 4.55. The Balaban J connectivity index is 1.88. The molecule has 1 N–H and O–H groups in total. The summed E-state index contributed by atoms with van der Waals surface area (Å²) in [4.78, 5) is 37.9. The number of ether oxygens (including phenoxy) is 2. The van der Waals surface area contributed by atoms with E-state index in [9.17, 15) is 14.4 Å². The van der Waals surface area contributed by atoms with E-state index in [4.69, 9.17) is 14.0 Å². The number of Topliss-reactive ketones (excluding diaryl/α,β-unsaturated/α-hetero) is 1. The highest BCUT2D eigenvalue weighted by atomic mass is 32.1. The average Bonchev–Trinajstić information content (AvgIpc) is 3.38. The Hall–Kier alpha value is -3.46. The van der Waals surface area contributed by atoms with Crippen LogP contribution in [0.25, 0.3) is 11.3 Å². The number of ketones is 1. The lowest BCUT2D eigenvalue weighted by Gasteiger charge is -2.05. The fourth-order valence-electron chi connectivity index (χ4n) is 2.92. The van der Waals surface area contributed by atoms with Crippen LogP contribution in [0, 0.1) is 6.92 Å². The van der Waals surface area contributed by atoms with Gasteiger partial charge < -0.3 is 19.3 Å². The molecule has 0 aliphatic heterocycles. The van der Waals surface area contributed by atoms with E-state index in [2.05, 4.69) is 10.5 Å². The molecular weight excluding hydrogens is 420 g/mol. The molecule has 162 valence electrons. The summed E-state index contributed by atoms with van der Waals surface area (Å²) in [6, 6.07) is 8.60. The normalized spacial score (nSPS) is 10.6. The van der Waals surface area contributed by atoms with Gasteiger partial charge in [-0.2, -0.15) is 0 Å². The monoisotopic (exact) mass is 442 g/mol. The first kappa shape index (κ1) is 22.2. The molecule has 0 fully saturated rings. The van der Waals surface area contributed by atoms with Crippen molar-refractivity contribution in [3.05, 3.63) is 52.0 Å². The van der Waals surface area contributed by atoms with Crippen molar-refractivity contribution in [3.63, 3.8) is 0 Å². The van der Waals surface area contributed by atoms with E-state index in [-0.39, 0.29) is 35.1 Å². The summed E-state index contributed by atoms with van der Waals surface area (Å²) in [5.41, 5.74) is 1.43. The van der Waals surface area contributed by atoms with Crippen LogP contribution in [0.1, 0.15) is 56.3 Å². The van der Waals surface area contributed by atoms with Crippen molar-refractivity contribution >= 4 is 34.0 Å². The smallest absolute Gasteiger partial charge is 0.341 e. The lowest BCUT2D eigenvalue weighted by Crippen LogP contribution is -2.15. The fraction of sp³-hybridized carbons (Fsp3) is 0.273. The molecule has 3 rings (SSSR count). The minimum Gasteiger partial charge on any atom is -0.497 e. The van der Waals surface area contributed by atoms with Gasteiger partial charge in [-0.25, -0.2) is 4.79 Å². The van der Waals surface area contributed by atoms with E-state index < -0.39 is 11.9 Å². The van der Waals surface area contributed by atoms with Crippen LogP contribution in [0.2, 0.25) is 0 Å². The third kappa shape index (κ3) is 4.66. The molecule has 9 heteroatoms. The van der Waals surface area contributed by atoms with E-state index in [1.807, 2.05) is 0 Å². The maximum Gasteiger partial charge on any atom is 0.341 e. The standard InChI is InChI=1S/C22H22N2O6S/c1-5-16(25)19-12(3)18(22(27)29-6-2)21(31-19)23-20(26)15-11-17(30-24-15)13-7-9-14(28-4)10-8-13/h7-11H,5-6H2,1-4H3,(H,23,26). The molecule has 2 heterocycles. The predicted octanol–water partition coefficient (Wildman–Crippen LogP) is 4.74. The quantitative estimate of drug-likeness (QED) is 0.396. The van der Waals surface area contributed by atoms with Gasteiger partial charge in [0.15, 0.2) is 17.2 Å². The van der Waals surface area contributed by atoms with Crippen molar-refractivity contribution in [2.24, 2.45) is 0 Å². The van der Waals surface area contributed by atoms with Gasteiger partial charge in [0.1, 0.15) is 10.8 Å². The van der Waals surface area contributed by atoms with Crippen molar-refractivity contribution in [1.29, 1.82) is 0 Å². The number of carbonyl (C=O) groups is 3. The van der Waals surface area contributed by atoms with Crippen LogP contribution in [-0.4, -0.2) is 36.5 Å². The lowest BCUT2D eigenvalue weighted by molar-refractivity contribution is 0.0527. The van der Waals surface area contributed by atoms with Crippen LogP contribution in [0.5, 0.6) is 5.75 Å². The Morgan fingerprint density at radius 1 is 1.16 bits per heavy atom. The highest BCUT2D eigenvalue weighted by Gasteiger charge is 2.27. The summed E-state index contributed by atoms with van der Waals surface area (Å²) >= 11 is 1.05. The molecule has 0 aliphatic carbocycles. The molecule has 0 bridgehead atoms. The first-order valence-electron chi connectivity index (χ1n) is 9.65. The predicted molar refractivity (Wildman–Crippen MR) is 116 cm³/mol. The minimum absolute atomic E-state index is 0.0371. The number of methoxy groups -OCH3 is 1. The molecular formula is C22H22N2O6S. The van der Waals surface area contributed by atoms with Gasteiger partial charge in [0.25, 0.3) is 5.91 Å². The molecule has 31 heavy (non-hydrogen) atoms. The van der Waals surface area contributed by atoms with Gasteiger partial charge in [-0.1, -0.05) is 12.1 Å². The van der Waals surface area contributed by atoms with Gasteiger partial charge >= 0.3 is 5.97 Å². The zero-order valence-electron chi connectivity index (χ0n) is 17.6. The zero-order valence-corrected chi connectivity index (χ0v) is 18.4. The molecule has 0 saturated heterocycles. The second-order valence-corrected chi connectivity index (χ2v) is 7.54. The first-order chi connectivity index (χ1) is 14.9. The van der Waals surface area contributed by atoms with Crippen LogP contribution in [0.4, 0.5) is 5.00 Å². The summed E-state index contributed by atoms with van der Waals surface area (Å²) < 4.78 is 15.5. The zero-order chi connectivity index (χ0) is 22.5. The van der Waals surface area contributed by atoms with Gasteiger partial charge in [-0.3, -0.25) is 9.59 Å². The molecule has 1 amide bonds. The van der Waals surface area contributed by atoms with E-state index >= 15 is 0 Å². The number of hydrogen-bond acceptors (Lipinski definition) is 8. The first-order valence-corrected chi connectivity index (χ1v) is 10.5. The highest BCUT2D eigenvalue weighted by Crippen LogP contribution is 2.35. The number of esters is 1. The summed E-state index contributed by atoms with van der Waals surface area (Å²) in [5, 5.41) is 6.74. The number of hydrogen-bond donors (Lipinski definition) is 1. The van der Waals surface area contributed by atoms with E-state index in [1.54, 1.807) is 52.1 Å². The molecule has 0 aliphatic rings. The van der Waals surface area contributed by atoms with Gasteiger partial charge in [0.2, 0.25) is 0 Å². The van der Waals surface area contributed by atoms with Crippen LogP contribution >= 0.6 is 11.3 Å². The number of amides is 1. The SMILES string of the molecule is CCOC(=O)c1c(NC(=O)c2cc(-c3ccc(OC)cc3)on2)sc(C(=O)CC)c1C. The van der Waals surface area contributed by atoms with Gasteiger partial charge in [-0.05, 0) is 43.7 Å². The molecule has 2 aromatic heterocycles. The molecule has 0 unspecified atom stereocenters. The number of thiophene rings is 1. The van der Waals surface area contributed by atoms with E-state index in [1.165, 1.54) is 6.07 Å². The van der Waals surface area contributed by atoms with Crippen molar-refractivity contribution in [3.8, 4) is 17.1 Å². The van der Waals surface area contributed by atoms with Crippen LogP contribution in [0.3, 0.4) is 0 Å². The topological polar surface area (TPSA) is 108 Å². The number of rotatable bonds is 8. The Bertz CT molecular complexity index is 1110. The molecule has 0 spiro atoms. The average molecular weight is 442 g/mol. The third-order valence-corrected chi connectivity index (χ3v) is 5.79. The Morgan fingerprint density at radius 2 is 1.87 bits per heavy atom. The number of anilines is 1. The number of aromatic nitrogens is 1. The second-order valence-electron chi connectivity index (χ2n) is 6.52. The molecule has 3 aromatic rings.